The average Bonchev–Trinajstić information content (AvgIpc) is 2.90. The summed E-state index contributed by atoms with van der Waals surface area (Å²) in [6, 6.07) is 11.0. The summed E-state index contributed by atoms with van der Waals surface area (Å²) in [5, 5.41) is 5.16. The van der Waals surface area contributed by atoms with Crippen LogP contribution in [0, 0.1) is 3.57 Å². The molecular formula is C27H30IN3O5. The number of fused-ring (bicyclic) bond motifs is 1. The van der Waals surface area contributed by atoms with Crippen LogP contribution in [0.15, 0.2) is 46.3 Å². The van der Waals surface area contributed by atoms with Gasteiger partial charge in [0.15, 0.2) is 17.6 Å². The Balaban J connectivity index is 1.75. The predicted molar refractivity (Wildman–Crippen MR) is 147 cm³/mol. The number of hydrogen-bond acceptors (Lipinski definition) is 7. The van der Waals surface area contributed by atoms with Crippen LogP contribution in [-0.4, -0.2) is 41.7 Å². The predicted octanol–water partition coefficient (Wildman–Crippen LogP) is 5.27. The first-order valence-electron chi connectivity index (χ1n) is 12.2. The highest BCUT2D eigenvalue weighted by Crippen LogP contribution is 2.35. The van der Waals surface area contributed by atoms with Crippen molar-refractivity contribution in [3.05, 3.63) is 61.7 Å². The van der Waals surface area contributed by atoms with Crippen LogP contribution in [0.25, 0.3) is 10.9 Å². The van der Waals surface area contributed by atoms with Crippen molar-refractivity contribution in [2.24, 2.45) is 5.10 Å². The van der Waals surface area contributed by atoms with Crippen LogP contribution in [0.4, 0.5) is 0 Å². The minimum absolute atomic E-state index is 0.177. The molecule has 3 aromatic rings. The van der Waals surface area contributed by atoms with E-state index in [1.807, 2.05) is 31.2 Å². The van der Waals surface area contributed by atoms with Gasteiger partial charge in [0.05, 0.1) is 34.4 Å². The summed E-state index contributed by atoms with van der Waals surface area (Å²) in [7, 11) is 1.32. The minimum atomic E-state index is -0.789. The first kappa shape index (κ1) is 26.1. The lowest BCUT2D eigenvalue weighted by Gasteiger charge is -2.22. The number of esters is 1. The zero-order valence-corrected chi connectivity index (χ0v) is 22.9. The number of methoxy groups -OCH3 is 1. The van der Waals surface area contributed by atoms with Crippen LogP contribution in [0.3, 0.4) is 0 Å². The fourth-order valence-corrected chi connectivity index (χ4v) is 5.19. The molecule has 0 amide bonds. The summed E-state index contributed by atoms with van der Waals surface area (Å²) >= 11 is 2.13. The van der Waals surface area contributed by atoms with Crippen LogP contribution >= 0.6 is 22.6 Å². The summed E-state index contributed by atoms with van der Waals surface area (Å²) < 4.78 is 18.6. The molecule has 1 aliphatic rings. The maximum atomic E-state index is 13.4. The number of hydrogen-bond donors (Lipinski definition) is 0. The number of nitrogens with zero attached hydrogens (tertiary/aromatic N) is 3. The summed E-state index contributed by atoms with van der Waals surface area (Å²) in [5.41, 5.74) is 1.25. The summed E-state index contributed by atoms with van der Waals surface area (Å²) in [4.78, 5) is 30.2. The van der Waals surface area contributed by atoms with Crippen LogP contribution in [0.2, 0.25) is 0 Å². The van der Waals surface area contributed by atoms with Gasteiger partial charge in [0.25, 0.3) is 5.56 Å². The SMILES string of the molecule is CCOc1cc(C=Nn2c(C3CCCCC3)nc3ccccc3c2=O)cc(I)c1O[C@@H](C)C(=O)OC. The monoisotopic (exact) mass is 603 g/mol. The molecule has 1 heterocycles. The average molecular weight is 603 g/mol. The Hall–Kier alpha value is -2.95. The molecule has 0 N–H and O–H groups in total. The van der Waals surface area contributed by atoms with Crippen molar-refractivity contribution in [2.75, 3.05) is 13.7 Å². The van der Waals surface area contributed by atoms with Gasteiger partial charge in [-0.05, 0) is 79.1 Å². The number of para-hydroxylation sites is 1. The number of ether oxygens (including phenoxy) is 3. The zero-order valence-electron chi connectivity index (χ0n) is 20.7. The maximum absolute atomic E-state index is 13.4. The van der Waals surface area contributed by atoms with E-state index in [0.717, 1.165) is 34.8 Å². The molecule has 0 unspecified atom stereocenters. The smallest absolute Gasteiger partial charge is 0.346 e. The summed E-state index contributed by atoms with van der Waals surface area (Å²) in [5.74, 6) is 1.37. The molecule has 0 radical (unpaired) electrons. The van der Waals surface area contributed by atoms with Crippen molar-refractivity contribution in [3.63, 3.8) is 0 Å². The lowest BCUT2D eigenvalue weighted by Crippen LogP contribution is -2.25. The summed E-state index contributed by atoms with van der Waals surface area (Å²) in [6.45, 7) is 3.91. The second kappa shape index (κ2) is 11.9. The molecule has 0 bridgehead atoms. The van der Waals surface area contributed by atoms with Gasteiger partial charge in [-0.1, -0.05) is 31.4 Å². The molecule has 8 nitrogen and oxygen atoms in total. The maximum Gasteiger partial charge on any atom is 0.346 e. The van der Waals surface area contributed by atoms with E-state index in [1.165, 1.54) is 18.2 Å². The molecule has 1 aliphatic carbocycles. The third-order valence-corrected chi connectivity index (χ3v) is 7.03. The van der Waals surface area contributed by atoms with Gasteiger partial charge in [-0.2, -0.15) is 9.78 Å². The Labute approximate surface area is 223 Å². The van der Waals surface area contributed by atoms with Crippen molar-refractivity contribution in [1.29, 1.82) is 0 Å². The Morgan fingerprint density at radius 2 is 2.00 bits per heavy atom. The standard InChI is InChI=1S/C27H30IN3O5/c1-4-35-23-15-18(14-21(28)24(23)36-17(2)27(33)34-3)16-29-31-25(19-10-6-5-7-11-19)30-22-13-9-8-12-20(22)26(31)32/h8-9,12-17,19H,4-7,10-11H2,1-3H3/t17-/m0/s1. The minimum Gasteiger partial charge on any atom is -0.490 e. The lowest BCUT2D eigenvalue weighted by atomic mass is 9.88. The molecule has 0 aliphatic heterocycles. The quantitative estimate of drug-likeness (QED) is 0.198. The molecular weight excluding hydrogens is 573 g/mol. The number of rotatable bonds is 8. The van der Waals surface area contributed by atoms with E-state index in [4.69, 9.17) is 19.2 Å². The fourth-order valence-electron chi connectivity index (χ4n) is 4.43. The van der Waals surface area contributed by atoms with E-state index in [-0.39, 0.29) is 11.5 Å². The number of aromatic nitrogens is 2. The highest BCUT2D eigenvalue weighted by atomic mass is 127. The highest BCUT2D eigenvalue weighted by molar-refractivity contribution is 14.1. The first-order chi connectivity index (χ1) is 17.4. The molecule has 1 aromatic heterocycles. The molecule has 4 rings (SSSR count). The van der Waals surface area contributed by atoms with Gasteiger partial charge in [0, 0.05) is 5.92 Å². The highest BCUT2D eigenvalue weighted by Gasteiger charge is 2.23. The number of carbonyl (C=O) groups is 1. The molecule has 190 valence electrons. The third-order valence-electron chi connectivity index (χ3n) is 6.23. The normalized spacial score (nSPS) is 15.2. The second-order valence-corrected chi connectivity index (χ2v) is 9.89. The van der Waals surface area contributed by atoms with E-state index in [9.17, 15) is 9.59 Å². The van der Waals surface area contributed by atoms with Crippen molar-refractivity contribution < 1.29 is 19.0 Å². The molecule has 1 fully saturated rings. The van der Waals surface area contributed by atoms with Gasteiger partial charge >= 0.3 is 5.97 Å². The van der Waals surface area contributed by atoms with E-state index in [2.05, 4.69) is 27.7 Å². The third kappa shape index (κ3) is 5.71. The largest absolute Gasteiger partial charge is 0.490 e. The Bertz CT molecular complexity index is 1330. The topological polar surface area (TPSA) is 92.0 Å². The molecule has 0 spiro atoms. The van der Waals surface area contributed by atoms with Crippen LogP contribution in [0.5, 0.6) is 11.5 Å². The number of halogens is 1. The van der Waals surface area contributed by atoms with Crippen molar-refractivity contribution in [3.8, 4) is 11.5 Å². The van der Waals surface area contributed by atoms with E-state index >= 15 is 0 Å². The number of carbonyl (C=O) groups excluding carboxylic acids is 1. The molecule has 1 saturated carbocycles. The van der Waals surface area contributed by atoms with Crippen molar-refractivity contribution >= 4 is 45.7 Å². The molecule has 2 aromatic carbocycles. The Kier molecular flexibility index (Phi) is 8.60. The molecule has 9 heteroatoms. The van der Waals surface area contributed by atoms with Gasteiger partial charge in [0.2, 0.25) is 0 Å². The van der Waals surface area contributed by atoms with Gasteiger partial charge in [-0.25, -0.2) is 9.78 Å². The molecule has 1 atom stereocenters. The Morgan fingerprint density at radius 3 is 2.72 bits per heavy atom. The second-order valence-electron chi connectivity index (χ2n) is 8.73. The van der Waals surface area contributed by atoms with Crippen molar-refractivity contribution in [2.45, 2.75) is 58.0 Å². The van der Waals surface area contributed by atoms with Gasteiger partial charge in [-0.15, -0.1) is 0 Å². The van der Waals surface area contributed by atoms with Gasteiger partial charge < -0.3 is 14.2 Å². The lowest BCUT2D eigenvalue weighted by molar-refractivity contribution is -0.148. The van der Waals surface area contributed by atoms with Crippen LogP contribution in [0.1, 0.15) is 63.3 Å². The van der Waals surface area contributed by atoms with Crippen LogP contribution in [-0.2, 0) is 9.53 Å². The Morgan fingerprint density at radius 1 is 1.25 bits per heavy atom. The van der Waals surface area contributed by atoms with E-state index in [0.29, 0.717) is 34.8 Å². The fraction of sp³-hybridized carbons (Fsp3) is 0.407. The van der Waals surface area contributed by atoms with Crippen LogP contribution < -0.4 is 15.0 Å². The van der Waals surface area contributed by atoms with E-state index < -0.39 is 12.1 Å². The molecule has 36 heavy (non-hydrogen) atoms. The van der Waals surface area contributed by atoms with Crippen molar-refractivity contribution in [1.82, 2.24) is 9.66 Å². The zero-order chi connectivity index (χ0) is 25.7. The number of benzene rings is 2. The first-order valence-corrected chi connectivity index (χ1v) is 13.3. The molecule has 0 saturated heterocycles. The van der Waals surface area contributed by atoms with Gasteiger partial charge in [-0.3, -0.25) is 4.79 Å². The van der Waals surface area contributed by atoms with E-state index in [1.54, 1.807) is 25.3 Å². The summed E-state index contributed by atoms with van der Waals surface area (Å²) in [6.07, 6.45) is 6.30. The van der Waals surface area contributed by atoms with Gasteiger partial charge in [0.1, 0.15) is 5.82 Å².